The van der Waals surface area contributed by atoms with E-state index in [0.717, 1.165) is 37.5 Å². The predicted molar refractivity (Wildman–Crippen MR) is 272 cm³/mol. The van der Waals surface area contributed by atoms with Gasteiger partial charge in [-0.05, 0) is 30.5 Å². The number of nitrogens with zero attached hydrogens (tertiary/aromatic N) is 5. The number of rotatable bonds is 40. The molecule has 0 amide bonds. The van der Waals surface area contributed by atoms with E-state index in [0.29, 0.717) is 140 Å². The lowest BCUT2D eigenvalue weighted by Crippen LogP contribution is -2.49. The minimum Gasteiger partial charge on any atom is -0.491 e. The number of nitrogens with one attached hydrogen (secondary N) is 1. The fraction of sp³-hybridized carbons (Fsp3) is 0.617. The van der Waals surface area contributed by atoms with E-state index in [2.05, 4.69) is 42.6 Å². The minimum absolute atomic E-state index is 0.00695. The third-order valence-electron chi connectivity index (χ3n) is 10.6. The lowest BCUT2D eigenvalue weighted by Gasteiger charge is -2.42. The summed E-state index contributed by atoms with van der Waals surface area (Å²) in [5.41, 5.74) is 11.5. The topological polar surface area (TPSA) is 250 Å². The molecule has 2 unspecified atom stereocenters. The molecule has 0 bridgehead atoms. The smallest absolute Gasteiger partial charge is 0.175 e. The van der Waals surface area contributed by atoms with Crippen LogP contribution in [-0.2, 0) is 49.1 Å². The standard InChI is InChI=1S/C47H72F3N8O12PS/c1-53-47(37(28-51)29-55-57-46-7-6-42(70-46)34-72-35-71(59)60)58-31-38(32-58)36-2-4-41(5-3-36)69-25-24-67-21-20-65-18-19-66-22-23-68-33-40(56-52)30-54-9-11-62-13-15-64-17-16-63-14-12-61-10-8-43-44(49)26-39(48)27-45(43)50/h2-5,26-30,38,42,46,57,59-60H,6-25,31-35,51-52H2,1H3/b37-28?,53-47?,54-30?,55-29-,56-40+. The van der Waals surface area contributed by atoms with Crippen molar-refractivity contribution >= 4 is 44.1 Å². The Morgan fingerprint density at radius 1 is 0.792 bits per heavy atom. The van der Waals surface area contributed by atoms with Gasteiger partial charge in [-0.25, -0.2) is 13.2 Å². The number of hydrogen-bond donors (Lipinski definition) is 5. The van der Waals surface area contributed by atoms with Gasteiger partial charge < -0.3 is 73.6 Å². The predicted octanol–water partition coefficient (Wildman–Crippen LogP) is 3.58. The molecular formula is C47H72F3N8O12PS. The maximum Gasteiger partial charge on any atom is 0.175 e. The van der Waals surface area contributed by atoms with Gasteiger partial charge in [-0.2, -0.15) is 10.2 Å². The van der Waals surface area contributed by atoms with Crippen LogP contribution in [0.3, 0.4) is 0 Å². The molecule has 2 atom stereocenters. The van der Waals surface area contributed by atoms with Crippen molar-refractivity contribution in [3.63, 3.8) is 0 Å². The van der Waals surface area contributed by atoms with Gasteiger partial charge in [0.2, 0.25) is 0 Å². The Morgan fingerprint density at radius 3 is 1.93 bits per heavy atom. The number of amidine groups is 1. The van der Waals surface area contributed by atoms with E-state index in [9.17, 15) is 13.2 Å². The van der Waals surface area contributed by atoms with Crippen LogP contribution in [0.2, 0.25) is 0 Å². The van der Waals surface area contributed by atoms with Crippen LogP contribution in [0.25, 0.3) is 0 Å². The van der Waals surface area contributed by atoms with E-state index in [1.54, 1.807) is 19.5 Å². The van der Waals surface area contributed by atoms with Crippen molar-refractivity contribution in [1.29, 1.82) is 0 Å². The summed E-state index contributed by atoms with van der Waals surface area (Å²) in [5, 5.41) is 8.05. The van der Waals surface area contributed by atoms with Crippen molar-refractivity contribution < 1.29 is 70.3 Å². The molecule has 0 aliphatic carbocycles. The van der Waals surface area contributed by atoms with Crippen molar-refractivity contribution in [2.24, 2.45) is 31.8 Å². The van der Waals surface area contributed by atoms with Gasteiger partial charge in [0.05, 0.1) is 136 Å². The lowest BCUT2D eigenvalue weighted by atomic mass is 9.90. The second kappa shape index (κ2) is 37.7. The third-order valence-corrected chi connectivity index (χ3v) is 12.8. The third kappa shape index (κ3) is 25.3. The monoisotopic (exact) mass is 1060 g/mol. The number of aliphatic imine (C=N–C) groups is 2. The van der Waals surface area contributed by atoms with Gasteiger partial charge in [-0.1, -0.05) is 12.1 Å². The summed E-state index contributed by atoms with van der Waals surface area (Å²) in [6.07, 6.45) is 6.24. The molecule has 2 heterocycles. The molecule has 404 valence electrons. The molecule has 2 fully saturated rings. The Labute approximate surface area is 425 Å². The molecule has 0 aromatic heterocycles. The normalized spacial score (nSPS) is 17.0. The zero-order chi connectivity index (χ0) is 51.4. The maximum absolute atomic E-state index is 13.6. The second-order valence-corrected chi connectivity index (χ2v) is 18.4. The summed E-state index contributed by atoms with van der Waals surface area (Å²) in [4.78, 5) is 29.1. The van der Waals surface area contributed by atoms with Crippen molar-refractivity contribution in [1.82, 2.24) is 10.3 Å². The zero-order valence-electron chi connectivity index (χ0n) is 41.0. The first-order valence-electron chi connectivity index (χ1n) is 23.8. The molecular weight excluding hydrogens is 989 g/mol. The number of halogens is 3. The van der Waals surface area contributed by atoms with E-state index in [-0.39, 0.29) is 44.1 Å². The highest BCUT2D eigenvalue weighted by Gasteiger charge is 2.31. The van der Waals surface area contributed by atoms with Crippen LogP contribution < -0.4 is 21.7 Å². The number of ether oxygens (including phenoxy) is 10. The van der Waals surface area contributed by atoms with Gasteiger partial charge in [-0.3, -0.25) is 15.4 Å². The van der Waals surface area contributed by atoms with Gasteiger partial charge in [0.1, 0.15) is 47.6 Å². The highest BCUT2D eigenvalue weighted by atomic mass is 32.2. The largest absolute Gasteiger partial charge is 0.491 e. The van der Waals surface area contributed by atoms with Crippen LogP contribution in [0.5, 0.6) is 5.75 Å². The molecule has 0 spiro atoms. The lowest BCUT2D eigenvalue weighted by molar-refractivity contribution is -0.00147. The van der Waals surface area contributed by atoms with E-state index in [1.165, 1.54) is 23.5 Å². The van der Waals surface area contributed by atoms with Gasteiger partial charge in [0.25, 0.3) is 0 Å². The van der Waals surface area contributed by atoms with Gasteiger partial charge in [0, 0.05) is 68.3 Å². The van der Waals surface area contributed by atoms with Crippen molar-refractivity contribution in [3.05, 3.63) is 76.7 Å². The summed E-state index contributed by atoms with van der Waals surface area (Å²) in [6.45, 7) is 7.98. The quantitative estimate of drug-likeness (QED) is 0.0160. The fourth-order valence-electron chi connectivity index (χ4n) is 6.90. The highest BCUT2D eigenvalue weighted by Crippen LogP contribution is 2.32. The Kier molecular flexibility index (Phi) is 31.7. The SMILES string of the molecule is CN=C(C(=CN)/C=N\NC1CCC(CSCP(O)O)O1)N1CC(c2ccc(OCCOCCOCCOCCOC/C(C=NCCOCCOCCOCCOCCc3c(F)cc(F)cc3F)=N/N)cc2)C1. The van der Waals surface area contributed by atoms with E-state index >= 15 is 0 Å². The molecule has 25 heteroatoms. The molecule has 20 nitrogen and oxygen atoms in total. The summed E-state index contributed by atoms with van der Waals surface area (Å²) in [7, 11) is -0.149. The summed E-state index contributed by atoms with van der Waals surface area (Å²) in [5.74, 6) is 5.24. The number of benzene rings is 2. The second-order valence-electron chi connectivity index (χ2n) is 15.9. The van der Waals surface area contributed by atoms with Crippen LogP contribution in [-0.4, -0.2) is 201 Å². The molecule has 0 radical (unpaired) electrons. The molecule has 4 rings (SSSR count). The average molecular weight is 1060 g/mol. The van der Waals surface area contributed by atoms with E-state index in [1.807, 2.05) is 12.1 Å². The zero-order valence-corrected chi connectivity index (χ0v) is 42.7. The molecule has 2 saturated heterocycles. The molecule has 2 aliphatic rings. The first-order valence-corrected chi connectivity index (χ1v) is 26.3. The minimum atomic E-state index is -1.89. The molecule has 0 saturated carbocycles. The van der Waals surface area contributed by atoms with E-state index in [4.69, 9.17) is 68.7 Å². The van der Waals surface area contributed by atoms with Gasteiger partial charge in [0.15, 0.2) is 8.38 Å². The maximum atomic E-state index is 13.6. The van der Waals surface area contributed by atoms with Gasteiger partial charge >= 0.3 is 0 Å². The Bertz CT molecular complexity index is 1920. The Balaban J connectivity index is 0.880. The fourth-order valence-corrected chi connectivity index (χ4v) is 8.49. The van der Waals surface area contributed by atoms with Crippen molar-refractivity contribution in [2.75, 3.05) is 150 Å². The Morgan fingerprint density at radius 2 is 1.36 bits per heavy atom. The van der Waals surface area contributed by atoms with E-state index < -0.39 is 25.8 Å². The van der Waals surface area contributed by atoms with Crippen LogP contribution in [0.1, 0.15) is 29.9 Å². The van der Waals surface area contributed by atoms with Crippen LogP contribution in [0.4, 0.5) is 13.2 Å². The van der Waals surface area contributed by atoms with Crippen molar-refractivity contribution in [2.45, 2.75) is 37.5 Å². The molecule has 2 aromatic carbocycles. The van der Waals surface area contributed by atoms with Gasteiger partial charge in [-0.15, -0.1) is 11.8 Å². The van der Waals surface area contributed by atoms with Crippen LogP contribution in [0.15, 0.2) is 68.4 Å². The summed E-state index contributed by atoms with van der Waals surface area (Å²) < 4.78 is 96.0. The molecule has 2 aliphatic heterocycles. The highest BCUT2D eigenvalue weighted by molar-refractivity contribution is 8.03. The van der Waals surface area contributed by atoms with Crippen LogP contribution in [0, 0.1) is 17.5 Å². The Hall–Kier alpha value is -4.01. The molecule has 2 aromatic rings. The van der Waals surface area contributed by atoms with Crippen molar-refractivity contribution in [3.8, 4) is 5.75 Å². The number of nitrogens with two attached hydrogens (primary N) is 2. The average Bonchev–Trinajstić information content (AvgIpc) is 3.81. The first-order chi connectivity index (χ1) is 35.2. The number of likely N-dealkylation sites (tertiary alicyclic amines) is 1. The summed E-state index contributed by atoms with van der Waals surface area (Å²) >= 11 is 1.48. The number of hydrogen-bond acceptors (Lipinski definition) is 20. The van der Waals surface area contributed by atoms with Crippen LogP contribution >= 0.6 is 20.1 Å². The number of hydrazone groups is 2. The molecule has 7 N–H and O–H groups in total. The molecule has 72 heavy (non-hydrogen) atoms. The first kappa shape index (κ1) is 60.5. The summed E-state index contributed by atoms with van der Waals surface area (Å²) in [6, 6.07) is 9.41. The number of thioether (sulfide) groups is 1.